The largest absolute Gasteiger partial charge is 0.393 e. The van der Waals surface area contributed by atoms with Gasteiger partial charge in [0, 0.05) is 13.2 Å². The molecular weight excluding hydrogens is 242 g/mol. The van der Waals surface area contributed by atoms with E-state index in [1.165, 1.54) is 0 Å². The molecule has 0 aromatic rings. The summed E-state index contributed by atoms with van der Waals surface area (Å²) >= 11 is 0. The summed E-state index contributed by atoms with van der Waals surface area (Å²) in [5.74, 6) is 0.274. The van der Waals surface area contributed by atoms with Crippen LogP contribution < -0.4 is 4.72 Å². The number of nitrogens with one attached hydrogen (secondary N) is 1. The normalized spacial score (nSPS) is 26.0. The molecule has 0 spiro atoms. The molecule has 1 aliphatic carbocycles. The van der Waals surface area contributed by atoms with Crippen LogP contribution in [0.2, 0.25) is 0 Å². The van der Waals surface area contributed by atoms with E-state index in [0.29, 0.717) is 19.6 Å². The number of sulfonamides is 1. The molecule has 2 unspecified atom stereocenters. The van der Waals surface area contributed by atoms with Gasteiger partial charge in [0.1, 0.15) is 0 Å². The van der Waals surface area contributed by atoms with E-state index in [4.69, 9.17) is 4.74 Å². The lowest BCUT2D eigenvalue weighted by molar-refractivity contribution is 0.102. The molecule has 0 aliphatic heterocycles. The average Bonchev–Trinajstić information content (AvgIpc) is 2.27. The van der Waals surface area contributed by atoms with Crippen molar-refractivity contribution in [2.45, 2.75) is 38.7 Å². The predicted octanol–water partition coefficient (Wildman–Crippen LogP) is 0.493. The number of hydrogen-bond acceptors (Lipinski definition) is 4. The molecule has 5 nitrogen and oxygen atoms in total. The van der Waals surface area contributed by atoms with Crippen molar-refractivity contribution < 1.29 is 18.3 Å². The first-order valence-corrected chi connectivity index (χ1v) is 7.92. The fourth-order valence-electron chi connectivity index (χ4n) is 2.08. The summed E-state index contributed by atoms with van der Waals surface area (Å²) in [7, 11) is -3.23. The van der Waals surface area contributed by atoms with Gasteiger partial charge in [0.05, 0.1) is 18.5 Å². The minimum atomic E-state index is -3.23. The standard InChI is InChI=1S/C11H23NO4S/c1-2-16-6-7-17(14,15)12-9-10-4-3-5-11(13)8-10/h10-13H,2-9H2,1H3. The second-order valence-corrected chi connectivity index (χ2v) is 6.48. The van der Waals surface area contributed by atoms with E-state index in [1.54, 1.807) is 0 Å². The Bertz CT molecular complexity index is 305. The molecular formula is C11H23NO4S. The lowest BCUT2D eigenvalue weighted by Gasteiger charge is -2.25. The SMILES string of the molecule is CCOCCS(=O)(=O)NCC1CCCC(O)C1. The van der Waals surface area contributed by atoms with E-state index in [-0.39, 0.29) is 24.4 Å². The van der Waals surface area contributed by atoms with Crippen LogP contribution in [0.3, 0.4) is 0 Å². The molecule has 102 valence electrons. The van der Waals surface area contributed by atoms with Crippen LogP contribution in [-0.2, 0) is 14.8 Å². The molecule has 0 heterocycles. The van der Waals surface area contributed by atoms with Gasteiger partial charge in [-0.25, -0.2) is 13.1 Å². The van der Waals surface area contributed by atoms with Crippen LogP contribution in [0.25, 0.3) is 0 Å². The summed E-state index contributed by atoms with van der Waals surface area (Å²) in [5, 5.41) is 9.49. The van der Waals surface area contributed by atoms with Crippen LogP contribution in [0.5, 0.6) is 0 Å². The number of rotatable bonds is 7. The van der Waals surface area contributed by atoms with E-state index in [2.05, 4.69) is 4.72 Å². The molecule has 0 aromatic heterocycles. The van der Waals surface area contributed by atoms with Gasteiger partial charge >= 0.3 is 0 Å². The van der Waals surface area contributed by atoms with Gasteiger partial charge in [-0.1, -0.05) is 6.42 Å². The van der Waals surface area contributed by atoms with E-state index >= 15 is 0 Å². The van der Waals surface area contributed by atoms with Gasteiger partial charge in [-0.2, -0.15) is 0 Å². The lowest BCUT2D eigenvalue weighted by Crippen LogP contribution is -2.35. The van der Waals surface area contributed by atoms with Gasteiger partial charge in [-0.15, -0.1) is 0 Å². The lowest BCUT2D eigenvalue weighted by atomic mass is 9.87. The minimum absolute atomic E-state index is 0.0100. The van der Waals surface area contributed by atoms with Crippen LogP contribution in [0, 0.1) is 5.92 Å². The van der Waals surface area contributed by atoms with Gasteiger partial charge in [0.2, 0.25) is 10.0 Å². The zero-order chi connectivity index (χ0) is 12.7. The third-order valence-corrected chi connectivity index (χ3v) is 4.36. The van der Waals surface area contributed by atoms with Crippen molar-refractivity contribution in [1.29, 1.82) is 0 Å². The molecule has 0 bridgehead atoms. The first-order valence-electron chi connectivity index (χ1n) is 6.26. The molecule has 1 aliphatic rings. The van der Waals surface area contributed by atoms with E-state index < -0.39 is 10.0 Å². The number of ether oxygens (including phenoxy) is 1. The number of hydrogen-bond donors (Lipinski definition) is 2. The highest BCUT2D eigenvalue weighted by Crippen LogP contribution is 2.23. The Hall–Kier alpha value is -0.170. The van der Waals surface area contributed by atoms with Crippen LogP contribution >= 0.6 is 0 Å². The zero-order valence-corrected chi connectivity index (χ0v) is 11.2. The molecule has 2 atom stereocenters. The van der Waals surface area contributed by atoms with Crippen molar-refractivity contribution in [3.63, 3.8) is 0 Å². The molecule has 1 fully saturated rings. The fourth-order valence-corrected chi connectivity index (χ4v) is 3.05. The summed E-state index contributed by atoms with van der Waals surface area (Å²) < 4.78 is 30.8. The molecule has 0 aromatic carbocycles. The predicted molar refractivity (Wildman–Crippen MR) is 66.2 cm³/mol. The van der Waals surface area contributed by atoms with Crippen LogP contribution in [-0.4, -0.2) is 45.1 Å². The van der Waals surface area contributed by atoms with Crippen molar-refractivity contribution in [2.24, 2.45) is 5.92 Å². The first-order chi connectivity index (χ1) is 8.03. The van der Waals surface area contributed by atoms with Crippen molar-refractivity contribution in [2.75, 3.05) is 25.5 Å². The Morgan fingerprint density at radius 3 is 2.82 bits per heavy atom. The van der Waals surface area contributed by atoms with Crippen molar-refractivity contribution >= 4 is 10.0 Å². The number of aliphatic hydroxyl groups excluding tert-OH is 1. The first kappa shape index (κ1) is 14.9. The smallest absolute Gasteiger partial charge is 0.213 e. The highest BCUT2D eigenvalue weighted by Gasteiger charge is 2.21. The van der Waals surface area contributed by atoms with Crippen molar-refractivity contribution in [3.8, 4) is 0 Å². The topological polar surface area (TPSA) is 75.6 Å². The maximum absolute atomic E-state index is 11.6. The summed E-state index contributed by atoms with van der Waals surface area (Å²) in [6.45, 7) is 3.04. The molecule has 1 rings (SSSR count). The Labute approximate surface area is 104 Å². The third-order valence-electron chi connectivity index (χ3n) is 3.05. The maximum Gasteiger partial charge on any atom is 0.213 e. The minimum Gasteiger partial charge on any atom is -0.393 e. The van der Waals surface area contributed by atoms with Crippen LogP contribution in [0.4, 0.5) is 0 Å². The Morgan fingerprint density at radius 1 is 1.41 bits per heavy atom. The second-order valence-electron chi connectivity index (χ2n) is 4.55. The monoisotopic (exact) mass is 265 g/mol. The van der Waals surface area contributed by atoms with Gasteiger partial charge in [0.15, 0.2) is 0 Å². The van der Waals surface area contributed by atoms with Gasteiger partial charge in [-0.3, -0.25) is 0 Å². The second kappa shape index (κ2) is 7.31. The molecule has 17 heavy (non-hydrogen) atoms. The fraction of sp³-hybridized carbons (Fsp3) is 1.00. The average molecular weight is 265 g/mol. The van der Waals surface area contributed by atoms with Gasteiger partial charge in [0.25, 0.3) is 0 Å². The Kier molecular flexibility index (Phi) is 6.40. The highest BCUT2D eigenvalue weighted by atomic mass is 32.2. The maximum atomic E-state index is 11.6. The van der Waals surface area contributed by atoms with Crippen molar-refractivity contribution in [3.05, 3.63) is 0 Å². The molecule has 1 saturated carbocycles. The summed E-state index contributed by atoms with van der Waals surface area (Å²) in [6.07, 6.45) is 3.25. The van der Waals surface area contributed by atoms with Gasteiger partial charge < -0.3 is 9.84 Å². The van der Waals surface area contributed by atoms with E-state index in [1.807, 2.05) is 6.92 Å². The Morgan fingerprint density at radius 2 is 2.18 bits per heavy atom. The quantitative estimate of drug-likeness (QED) is 0.657. The molecule has 0 saturated heterocycles. The molecule has 6 heteroatoms. The Balaban J connectivity index is 2.23. The van der Waals surface area contributed by atoms with Gasteiger partial charge in [-0.05, 0) is 32.1 Å². The summed E-state index contributed by atoms with van der Waals surface area (Å²) in [4.78, 5) is 0. The van der Waals surface area contributed by atoms with E-state index in [9.17, 15) is 13.5 Å². The molecule has 0 radical (unpaired) electrons. The third kappa shape index (κ3) is 6.35. The molecule has 2 N–H and O–H groups in total. The van der Waals surface area contributed by atoms with Crippen LogP contribution in [0.15, 0.2) is 0 Å². The van der Waals surface area contributed by atoms with Crippen molar-refractivity contribution in [1.82, 2.24) is 4.72 Å². The number of aliphatic hydroxyl groups is 1. The highest BCUT2D eigenvalue weighted by molar-refractivity contribution is 7.89. The summed E-state index contributed by atoms with van der Waals surface area (Å²) in [6, 6.07) is 0. The summed E-state index contributed by atoms with van der Waals surface area (Å²) in [5.41, 5.74) is 0. The molecule has 0 amide bonds. The van der Waals surface area contributed by atoms with E-state index in [0.717, 1.165) is 19.3 Å². The zero-order valence-electron chi connectivity index (χ0n) is 10.4. The van der Waals surface area contributed by atoms with Crippen LogP contribution in [0.1, 0.15) is 32.6 Å².